The lowest BCUT2D eigenvalue weighted by Gasteiger charge is -2.39. The van der Waals surface area contributed by atoms with Crippen molar-refractivity contribution in [3.63, 3.8) is 0 Å². The van der Waals surface area contributed by atoms with Crippen LogP contribution in [0, 0.1) is 12.7 Å². The Morgan fingerprint density at radius 2 is 1.75 bits per heavy atom. The van der Waals surface area contributed by atoms with E-state index in [0.29, 0.717) is 13.1 Å². The Bertz CT molecular complexity index is 790. The smallest absolute Gasteiger partial charge is 0.257 e. The van der Waals surface area contributed by atoms with Crippen molar-refractivity contribution in [1.29, 1.82) is 0 Å². The Morgan fingerprint density at radius 1 is 1.08 bits per heavy atom. The largest absolute Gasteiger partial charge is 0.325 e. The second-order valence-electron chi connectivity index (χ2n) is 5.93. The van der Waals surface area contributed by atoms with Crippen molar-refractivity contribution in [1.82, 2.24) is 4.90 Å². The van der Waals surface area contributed by atoms with E-state index in [1.807, 2.05) is 31.2 Å². The molecule has 1 saturated heterocycles. The molecule has 124 valence electrons. The maximum Gasteiger partial charge on any atom is 0.257 e. The summed E-state index contributed by atoms with van der Waals surface area (Å²) in [5.74, 6) is -1.16. The van der Waals surface area contributed by atoms with Crippen molar-refractivity contribution in [3.05, 3.63) is 65.5 Å². The number of piperazine rings is 1. The van der Waals surface area contributed by atoms with Gasteiger partial charge in [-0.25, -0.2) is 4.39 Å². The monoisotopic (exact) mass is 326 g/mol. The predicted molar refractivity (Wildman–Crippen MR) is 90.4 cm³/mol. The first-order chi connectivity index (χ1) is 11.5. The molecule has 2 aromatic rings. The van der Waals surface area contributed by atoms with Gasteiger partial charge in [0.25, 0.3) is 5.91 Å². The third-order valence-electron chi connectivity index (χ3n) is 4.43. The summed E-state index contributed by atoms with van der Waals surface area (Å²) in [4.78, 5) is 28.5. The van der Waals surface area contributed by atoms with Crippen LogP contribution in [0.25, 0.3) is 0 Å². The molecule has 0 saturated carbocycles. The van der Waals surface area contributed by atoms with Crippen LogP contribution in [0.1, 0.15) is 22.8 Å². The third-order valence-corrected chi connectivity index (χ3v) is 4.43. The Labute approximate surface area is 140 Å². The summed E-state index contributed by atoms with van der Waals surface area (Å²) in [6.07, 6.45) is 0. The zero-order valence-corrected chi connectivity index (χ0v) is 13.7. The van der Waals surface area contributed by atoms with Crippen LogP contribution in [0.4, 0.5) is 10.1 Å². The zero-order chi connectivity index (χ0) is 17.3. The van der Waals surface area contributed by atoms with Crippen LogP contribution < -0.4 is 4.90 Å². The van der Waals surface area contributed by atoms with E-state index in [0.717, 1.165) is 11.3 Å². The number of rotatable bonds is 2. The molecule has 4 nitrogen and oxygen atoms in total. The fourth-order valence-corrected chi connectivity index (χ4v) is 3.04. The van der Waals surface area contributed by atoms with Gasteiger partial charge in [-0.2, -0.15) is 0 Å². The molecule has 1 fully saturated rings. The van der Waals surface area contributed by atoms with Gasteiger partial charge in [-0.3, -0.25) is 9.59 Å². The van der Waals surface area contributed by atoms with Crippen LogP contribution >= 0.6 is 0 Å². The van der Waals surface area contributed by atoms with Crippen LogP contribution in [-0.4, -0.2) is 35.8 Å². The first-order valence-electron chi connectivity index (χ1n) is 7.93. The van der Waals surface area contributed by atoms with E-state index in [1.54, 1.807) is 17.9 Å². The Kier molecular flexibility index (Phi) is 4.34. The lowest BCUT2D eigenvalue weighted by molar-refractivity contribution is -0.124. The highest BCUT2D eigenvalue weighted by Gasteiger charge is 2.36. The molecule has 1 aliphatic rings. The number of nitrogens with zero attached hydrogens (tertiary/aromatic N) is 2. The number of carbonyl (C=O) groups is 2. The molecule has 0 radical (unpaired) electrons. The molecule has 3 rings (SSSR count). The first-order valence-corrected chi connectivity index (χ1v) is 7.93. The van der Waals surface area contributed by atoms with Crippen molar-refractivity contribution in [2.75, 3.05) is 18.0 Å². The molecule has 1 atom stereocenters. The fourth-order valence-electron chi connectivity index (χ4n) is 3.04. The standard InChI is InChI=1S/C19H19FN2O2/c1-13-7-3-6-10-17(13)22-12-11-21(14(2)18(22)23)19(24)15-8-4-5-9-16(15)20/h3-10,14H,11-12H2,1-2H3/t14-/m0/s1. The molecule has 0 unspecified atom stereocenters. The number of amides is 2. The molecule has 1 heterocycles. The van der Waals surface area contributed by atoms with Gasteiger partial charge in [-0.05, 0) is 37.6 Å². The summed E-state index contributed by atoms with van der Waals surface area (Å²) in [5, 5.41) is 0. The molecule has 2 aromatic carbocycles. The number of aryl methyl sites for hydroxylation is 1. The number of hydrogen-bond acceptors (Lipinski definition) is 2. The second-order valence-corrected chi connectivity index (χ2v) is 5.93. The molecule has 0 spiro atoms. The van der Waals surface area contributed by atoms with Gasteiger partial charge in [-0.15, -0.1) is 0 Å². The minimum Gasteiger partial charge on any atom is -0.325 e. The van der Waals surface area contributed by atoms with Gasteiger partial charge in [0.15, 0.2) is 0 Å². The molecule has 24 heavy (non-hydrogen) atoms. The van der Waals surface area contributed by atoms with Crippen LogP contribution in [-0.2, 0) is 4.79 Å². The lowest BCUT2D eigenvalue weighted by Crippen LogP contribution is -2.58. The molecule has 5 heteroatoms. The van der Waals surface area contributed by atoms with Crippen molar-refractivity contribution < 1.29 is 14.0 Å². The highest BCUT2D eigenvalue weighted by Crippen LogP contribution is 2.25. The average Bonchev–Trinajstić information content (AvgIpc) is 2.58. The summed E-state index contributed by atoms with van der Waals surface area (Å²) in [7, 11) is 0. The number of hydrogen-bond donors (Lipinski definition) is 0. The van der Waals surface area contributed by atoms with Gasteiger partial charge < -0.3 is 9.80 Å². The van der Waals surface area contributed by atoms with Gasteiger partial charge in [0, 0.05) is 18.8 Å². The average molecular weight is 326 g/mol. The van der Waals surface area contributed by atoms with Gasteiger partial charge >= 0.3 is 0 Å². The Balaban J connectivity index is 1.84. The van der Waals surface area contributed by atoms with Crippen molar-refractivity contribution in [2.45, 2.75) is 19.9 Å². The Morgan fingerprint density at radius 3 is 2.46 bits per heavy atom. The molecular weight excluding hydrogens is 307 g/mol. The van der Waals surface area contributed by atoms with E-state index >= 15 is 0 Å². The summed E-state index contributed by atoms with van der Waals surface area (Å²) in [6.45, 7) is 4.40. The summed E-state index contributed by atoms with van der Waals surface area (Å²) in [6, 6.07) is 12.9. The van der Waals surface area contributed by atoms with E-state index in [4.69, 9.17) is 0 Å². The van der Waals surface area contributed by atoms with Gasteiger partial charge in [0.2, 0.25) is 5.91 Å². The van der Waals surface area contributed by atoms with Crippen LogP contribution in [0.15, 0.2) is 48.5 Å². The minimum absolute atomic E-state index is 0.00138. The third kappa shape index (κ3) is 2.77. The van der Waals surface area contributed by atoms with E-state index in [2.05, 4.69) is 0 Å². The molecule has 0 aliphatic carbocycles. The van der Waals surface area contributed by atoms with Crippen molar-refractivity contribution in [2.24, 2.45) is 0 Å². The van der Waals surface area contributed by atoms with Gasteiger partial charge in [0.1, 0.15) is 11.9 Å². The molecule has 0 N–H and O–H groups in total. The Hall–Kier alpha value is -2.69. The number of benzene rings is 2. The number of anilines is 1. The predicted octanol–water partition coefficient (Wildman–Crippen LogP) is 3.01. The molecule has 1 aliphatic heterocycles. The SMILES string of the molecule is Cc1ccccc1N1CCN(C(=O)c2ccccc2F)[C@@H](C)C1=O. The molecular formula is C19H19FN2O2. The zero-order valence-electron chi connectivity index (χ0n) is 13.7. The summed E-state index contributed by atoms with van der Waals surface area (Å²) < 4.78 is 13.9. The quantitative estimate of drug-likeness (QED) is 0.851. The highest BCUT2D eigenvalue weighted by atomic mass is 19.1. The minimum atomic E-state index is -0.634. The normalized spacial score (nSPS) is 18.0. The summed E-state index contributed by atoms with van der Waals surface area (Å²) in [5.41, 5.74) is 1.86. The maximum atomic E-state index is 13.9. The number of para-hydroxylation sites is 1. The van der Waals surface area contributed by atoms with E-state index in [-0.39, 0.29) is 11.5 Å². The lowest BCUT2D eigenvalue weighted by atomic mass is 10.1. The van der Waals surface area contributed by atoms with E-state index in [1.165, 1.54) is 23.1 Å². The topological polar surface area (TPSA) is 40.6 Å². The first kappa shape index (κ1) is 16.2. The number of carbonyl (C=O) groups excluding carboxylic acids is 2. The molecule has 0 aromatic heterocycles. The van der Waals surface area contributed by atoms with Crippen LogP contribution in [0.2, 0.25) is 0 Å². The summed E-state index contributed by atoms with van der Waals surface area (Å²) >= 11 is 0. The van der Waals surface area contributed by atoms with Crippen LogP contribution in [0.3, 0.4) is 0 Å². The second kappa shape index (κ2) is 6.43. The maximum absolute atomic E-state index is 13.9. The van der Waals surface area contributed by atoms with E-state index in [9.17, 15) is 14.0 Å². The van der Waals surface area contributed by atoms with Crippen LogP contribution in [0.5, 0.6) is 0 Å². The molecule has 2 amide bonds. The number of halogens is 1. The van der Waals surface area contributed by atoms with Crippen molar-refractivity contribution >= 4 is 17.5 Å². The highest BCUT2D eigenvalue weighted by molar-refractivity contribution is 6.03. The van der Waals surface area contributed by atoms with Gasteiger partial charge in [0.05, 0.1) is 5.56 Å². The van der Waals surface area contributed by atoms with E-state index < -0.39 is 17.8 Å². The van der Waals surface area contributed by atoms with Crippen molar-refractivity contribution in [3.8, 4) is 0 Å². The molecule has 0 bridgehead atoms. The van der Waals surface area contributed by atoms with Gasteiger partial charge in [-0.1, -0.05) is 30.3 Å². The fraction of sp³-hybridized carbons (Fsp3) is 0.263.